The number of amides is 1. The molecule has 1 aliphatic heterocycles. The van der Waals surface area contributed by atoms with Crippen LogP contribution >= 0.6 is 0 Å². The molecule has 1 amide bonds. The quantitative estimate of drug-likeness (QED) is 0.803. The summed E-state index contributed by atoms with van der Waals surface area (Å²) in [5, 5.41) is 9.39. The van der Waals surface area contributed by atoms with Gasteiger partial charge in [-0.25, -0.2) is 4.79 Å². The number of hydrogen-bond acceptors (Lipinski definition) is 4. The molecule has 1 aliphatic rings. The topological polar surface area (TPSA) is 86.9 Å². The summed E-state index contributed by atoms with van der Waals surface area (Å²) < 4.78 is 0. The number of nitrogens with zero attached hydrogens (tertiary/aromatic N) is 2. The lowest BCUT2D eigenvalue weighted by molar-refractivity contribution is -0.126. The normalized spacial score (nSPS) is 18.3. The van der Waals surface area contributed by atoms with Crippen molar-refractivity contribution in [2.75, 3.05) is 19.6 Å². The molecule has 0 aliphatic carbocycles. The van der Waals surface area contributed by atoms with Gasteiger partial charge in [0.05, 0.1) is 5.56 Å². The molecule has 1 fully saturated rings. The molecule has 148 valence electrons. The summed E-state index contributed by atoms with van der Waals surface area (Å²) >= 11 is 0. The van der Waals surface area contributed by atoms with Gasteiger partial charge in [-0.15, -0.1) is 0 Å². The van der Waals surface area contributed by atoms with Crippen molar-refractivity contribution in [1.82, 2.24) is 9.80 Å². The van der Waals surface area contributed by atoms with E-state index >= 15 is 0 Å². The van der Waals surface area contributed by atoms with Crippen molar-refractivity contribution in [3.05, 3.63) is 59.7 Å². The molecule has 0 bridgehead atoms. The van der Waals surface area contributed by atoms with E-state index in [1.807, 2.05) is 36.4 Å². The number of aromatic carboxylic acids is 1. The average Bonchev–Trinajstić information content (AvgIpc) is 2.68. The number of hydrogen-bond donors (Lipinski definition) is 2. The molecule has 3 rings (SSSR count). The van der Waals surface area contributed by atoms with E-state index in [0.717, 1.165) is 24.2 Å². The monoisotopic (exact) mass is 381 g/mol. The van der Waals surface area contributed by atoms with Crippen LogP contribution in [0.5, 0.6) is 0 Å². The molecule has 1 heterocycles. The van der Waals surface area contributed by atoms with E-state index < -0.39 is 5.97 Å². The van der Waals surface area contributed by atoms with E-state index in [2.05, 4.69) is 23.6 Å². The van der Waals surface area contributed by atoms with Crippen LogP contribution in [0.25, 0.3) is 11.1 Å². The van der Waals surface area contributed by atoms with Crippen molar-refractivity contribution in [3.63, 3.8) is 0 Å². The lowest BCUT2D eigenvalue weighted by Gasteiger charge is -2.41. The van der Waals surface area contributed by atoms with E-state index in [-0.39, 0.29) is 17.5 Å². The van der Waals surface area contributed by atoms with Gasteiger partial charge in [0, 0.05) is 32.2 Å². The van der Waals surface area contributed by atoms with E-state index in [4.69, 9.17) is 5.73 Å². The molecular weight excluding hydrogens is 354 g/mol. The van der Waals surface area contributed by atoms with Crippen LogP contribution in [0.2, 0.25) is 0 Å². The maximum atomic E-state index is 12.0. The Morgan fingerprint density at radius 3 is 2.39 bits per heavy atom. The van der Waals surface area contributed by atoms with Gasteiger partial charge >= 0.3 is 5.97 Å². The molecular formula is C22H27N3O3. The minimum absolute atomic E-state index is 0.286. The first-order chi connectivity index (χ1) is 13.4. The zero-order valence-corrected chi connectivity index (χ0v) is 16.3. The van der Waals surface area contributed by atoms with Gasteiger partial charge in [0.15, 0.2) is 0 Å². The first-order valence-corrected chi connectivity index (χ1v) is 9.56. The number of carbonyl (C=O) groups is 2. The van der Waals surface area contributed by atoms with Gasteiger partial charge < -0.3 is 10.8 Å². The van der Waals surface area contributed by atoms with Crippen molar-refractivity contribution in [3.8, 4) is 11.1 Å². The van der Waals surface area contributed by atoms with Crippen LogP contribution in [-0.4, -0.2) is 58.5 Å². The Morgan fingerprint density at radius 2 is 1.79 bits per heavy atom. The number of piperazine rings is 1. The molecule has 2 aromatic carbocycles. The van der Waals surface area contributed by atoms with Crippen LogP contribution in [0.15, 0.2) is 48.5 Å². The van der Waals surface area contributed by atoms with Crippen molar-refractivity contribution >= 4 is 11.9 Å². The Kier molecular flexibility index (Phi) is 6.11. The molecule has 1 atom stereocenters. The molecule has 0 saturated carbocycles. The molecule has 1 unspecified atom stereocenters. The number of primary amides is 1. The van der Waals surface area contributed by atoms with Crippen LogP contribution in [0.3, 0.4) is 0 Å². The molecule has 2 aromatic rings. The van der Waals surface area contributed by atoms with Crippen LogP contribution in [0, 0.1) is 0 Å². The highest BCUT2D eigenvalue weighted by atomic mass is 16.4. The van der Waals surface area contributed by atoms with Crippen LogP contribution in [0.1, 0.15) is 29.8 Å². The molecule has 0 aromatic heterocycles. The number of carbonyl (C=O) groups excluding carboxylic acids is 1. The largest absolute Gasteiger partial charge is 0.478 e. The fourth-order valence-corrected chi connectivity index (χ4v) is 3.72. The summed E-state index contributed by atoms with van der Waals surface area (Å²) in [6.45, 7) is 7.24. The number of rotatable bonds is 6. The van der Waals surface area contributed by atoms with Crippen molar-refractivity contribution in [2.24, 2.45) is 5.73 Å². The summed E-state index contributed by atoms with van der Waals surface area (Å²) in [6, 6.07) is 14.9. The number of carboxylic acids is 1. The Bertz CT molecular complexity index is 848. The first-order valence-electron chi connectivity index (χ1n) is 9.56. The van der Waals surface area contributed by atoms with E-state index in [1.54, 1.807) is 12.1 Å². The predicted octanol–water partition coefficient (Wildman–Crippen LogP) is 2.43. The third-order valence-electron chi connectivity index (χ3n) is 5.39. The molecule has 0 spiro atoms. The van der Waals surface area contributed by atoms with Crippen LogP contribution in [0.4, 0.5) is 0 Å². The van der Waals surface area contributed by atoms with Gasteiger partial charge in [-0.2, -0.15) is 0 Å². The Hall–Kier alpha value is -2.70. The summed E-state index contributed by atoms with van der Waals surface area (Å²) in [4.78, 5) is 27.8. The second-order valence-electron chi connectivity index (χ2n) is 7.52. The zero-order chi connectivity index (χ0) is 20.3. The molecule has 0 radical (unpaired) electrons. The maximum Gasteiger partial charge on any atom is 0.336 e. The van der Waals surface area contributed by atoms with Gasteiger partial charge in [-0.1, -0.05) is 42.5 Å². The van der Waals surface area contributed by atoms with Gasteiger partial charge in [0.1, 0.15) is 6.04 Å². The van der Waals surface area contributed by atoms with Gasteiger partial charge in [-0.3, -0.25) is 14.6 Å². The third kappa shape index (κ3) is 4.40. The van der Waals surface area contributed by atoms with E-state index in [0.29, 0.717) is 24.7 Å². The molecule has 6 heteroatoms. The number of benzene rings is 2. The highest BCUT2D eigenvalue weighted by Gasteiger charge is 2.31. The lowest BCUT2D eigenvalue weighted by atomic mass is 9.98. The standard InChI is InChI=1S/C22H27N3O3/c1-15(2)24-11-12-25(20(14-24)21(23)26)13-16-7-9-17(10-8-16)18-5-3-4-6-19(18)22(27)28/h3-10,15,20H,11-14H2,1-2H3,(H2,23,26)(H,27,28). The van der Waals surface area contributed by atoms with E-state index in [1.165, 1.54) is 0 Å². The smallest absolute Gasteiger partial charge is 0.336 e. The first kappa shape index (κ1) is 20.0. The van der Waals surface area contributed by atoms with E-state index in [9.17, 15) is 14.7 Å². The van der Waals surface area contributed by atoms with Crippen LogP contribution < -0.4 is 5.73 Å². The second-order valence-corrected chi connectivity index (χ2v) is 7.52. The molecule has 1 saturated heterocycles. The summed E-state index contributed by atoms with van der Waals surface area (Å²) in [7, 11) is 0. The number of carboxylic acid groups (broad SMARTS) is 1. The SMILES string of the molecule is CC(C)N1CCN(Cc2ccc(-c3ccccc3C(=O)O)cc2)C(C(N)=O)C1. The highest BCUT2D eigenvalue weighted by molar-refractivity contribution is 5.96. The molecule has 6 nitrogen and oxygen atoms in total. The predicted molar refractivity (Wildman–Crippen MR) is 109 cm³/mol. The fourth-order valence-electron chi connectivity index (χ4n) is 3.72. The summed E-state index contributed by atoms with van der Waals surface area (Å²) in [5.74, 6) is -1.23. The van der Waals surface area contributed by atoms with Gasteiger partial charge in [0.25, 0.3) is 0 Å². The Labute approximate surface area is 165 Å². The number of nitrogens with two attached hydrogens (primary N) is 1. The fraction of sp³-hybridized carbons (Fsp3) is 0.364. The maximum absolute atomic E-state index is 12.0. The average molecular weight is 381 g/mol. The summed E-state index contributed by atoms with van der Waals surface area (Å²) in [5.41, 5.74) is 8.57. The van der Waals surface area contributed by atoms with Crippen molar-refractivity contribution < 1.29 is 14.7 Å². The lowest BCUT2D eigenvalue weighted by Crippen LogP contribution is -2.58. The minimum Gasteiger partial charge on any atom is -0.478 e. The summed E-state index contributed by atoms with van der Waals surface area (Å²) in [6.07, 6.45) is 0. The van der Waals surface area contributed by atoms with Gasteiger partial charge in [-0.05, 0) is 36.6 Å². The third-order valence-corrected chi connectivity index (χ3v) is 5.39. The van der Waals surface area contributed by atoms with Gasteiger partial charge in [0.2, 0.25) is 5.91 Å². The zero-order valence-electron chi connectivity index (χ0n) is 16.3. The Morgan fingerprint density at radius 1 is 1.11 bits per heavy atom. The van der Waals surface area contributed by atoms with Crippen molar-refractivity contribution in [1.29, 1.82) is 0 Å². The highest BCUT2D eigenvalue weighted by Crippen LogP contribution is 2.25. The minimum atomic E-state index is -0.938. The second kappa shape index (κ2) is 8.54. The van der Waals surface area contributed by atoms with Crippen molar-refractivity contribution in [2.45, 2.75) is 32.5 Å². The van der Waals surface area contributed by atoms with Crippen LogP contribution in [-0.2, 0) is 11.3 Å². The molecule has 3 N–H and O–H groups in total. The Balaban J connectivity index is 1.76. The molecule has 28 heavy (non-hydrogen) atoms.